The number of rotatable bonds is 4. The summed E-state index contributed by atoms with van der Waals surface area (Å²) in [4.78, 5) is 38.3. The summed E-state index contributed by atoms with van der Waals surface area (Å²) in [5.41, 5.74) is 4.26. The third-order valence-electron chi connectivity index (χ3n) is 6.38. The molecule has 0 bridgehead atoms. The molecular formula is C28H31FN8O2. The van der Waals surface area contributed by atoms with Crippen LogP contribution in [0.4, 0.5) is 26.6 Å². The number of aromatic nitrogens is 5. The number of benzene rings is 1. The Balaban J connectivity index is 1.26. The average Bonchev–Trinajstić information content (AvgIpc) is 2.90. The first kappa shape index (κ1) is 26.2. The van der Waals surface area contributed by atoms with Gasteiger partial charge in [-0.05, 0) is 58.9 Å². The summed E-state index contributed by atoms with van der Waals surface area (Å²) in [7, 11) is 0. The van der Waals surface area contributed by atoms with E-state index in [1.807, 2.05) is 52.8 Å². The number of aryl methyl sites for hydroxylation is 2. The number of hydrogen-bond donors (Lipinski definition) is 1. The number of piperazine rings is 1. The minimum atomic E-state index is -0.537. The van der Waals surface area contributed by atoms with Crippen LogP contribution in [0.15, 0.2) is 42.7 Å². The molecule has 0 saturated carbocycles. The highest BCUT2D eigenvalue weighted by Gasteiger charge is 2.26. The van der Waals surface area contributed by atoms with Crippen LogP contribution >= 0.6 is 0 Å². The predicted octanol–water partition coefficient (Wildman–Crippen LogP) is 5.04. The van der Waals surface area contributed by atoms with Gasteiger partial charge in [0.1, 0.15) is 17.1 Å². The average molecular weight is 531 g/mol. The summed E-state index contributed by atoms with van der Waals surface area (Å²) >= 11 is 0. The molecule has 202 valence electrons. The van der Waals surface area contributed by atoms with Gasteiger partial charge in [0.15, 0.2) is 5.82 Å². The molecule has 5 rings (SSSR count). The number of carbonyl (C=O) groups excluding carboxylic acids is 1. The van der Waals surface area contributed by atoms with Gasteiger partial charge in [-0.3, -0.25) is 0 Å². The van der Waals surface area contributed by atoms with Crippen LogP contribution in [0.2, 0.25) is 0 Å². The number of nitrogens with zero attached hydrogens (tertiary/aromatic N) is 7. The van der Waals surface area contributed by atoms with Gasteiger partial charge >= 0.3 is 6.09 Å². The van der Waals surface area contributed by atoms with Crippen LogP contribution in [0, 0.1) is 19.7 Å². The van der Waals surface area contributed by atoms with Crippen LogP contribution in [0.3, 0.4) is 0 Å². The summed E-state index contributed by atoms with van der Waals surface area (Å²) in [5.74, 6) is 0.216. The maximum atomic E-state index is 14.7. The molecule has 10 nitrogen and oxygen atoms in total. The van der Waals surface area contributed by atoms with E-state index >= 15 is 0 Å². The summed E-state index contributed by atoms with van der Waals surface area (Å²) in [6.07, 6.45) is 2.60. The van der Waals surface area contributed by atoms with Crippen molar-refractivity contribution in [1.29, 1.82) is 0 Å². The molecule has 0 spiro atoms. The van der Waals surface area contributed by atoms with Gasteiger partial charge in [-0.1, -0.05) is 6.07 Å². The lowest BCUT2D eigenvalue weighted by molar-refractivity contribution is 0.0240. The van der Waals surface area contributed by atoms with Crippen molar-refractivity contribution in [3.63, 3.8) is 0 Å². The molecule has 0 radical (unpaired) electrons. The number of nitrogens with one attached hydrogen (secondary N) is 1. The normalized spacial score (nSPS) is 14.0. The number of ether oxygens (including phenoxy) is 1. The molecule has 1 saturated heterocycles. The summed E-state index contributed by atoms with van der Waals surface area (Å²) in [6.45, 7) is 11.9. The SMILES string of the molecule is Cc1nc2ccc(-c3nc(Nc4ccc(N5CCN(C(=O)OC(C)(C)C)CC5)cn4)ncc3F)cc2nc1C. The van der Waals surface area contributed by atoms with Gasteiger partial charge in [0.25, 0.3) is 0 Å². The second kappa shape index (κ2) is 10.4. The molecule has 1 aliphatic rings. The van der Waals surface area contributed by atoms with Crippen molar-refractivity contribution < 1.29 is 13.9 Å². The molecule has 1 aliphatic heterocycles. The Morgan fingerprint density at radius 3 is 2.31 bits per heavy atom. The molecule has 1 amide bonds. The standard InChI is InChI=1S/C28H31FN8O2/c1-17-18(2)33-23-14-19(6-8-22(23)32-17)25-21(29)16-31-26(35-25)34-24-9-7-20(15-30-24)36-10-12-37(13-11-36)27(38)39-28(3,4)5/h6-9,14-16H,10-13H2,1-5H3,(H,30,31,34,35). The fourth-order valence-electron chi connectivity index (χ4n) is 4.24. The Labute approximate surface area is 226 Å². The van der Waals surface area contributed by atoms with Gasteiger partial charge in [0, 0.05) is 31.7 Å². The highest BCUT2D eigenvalue weighted by Crippen LogP contribution is 2.26. The van der Waals surface area contributed by atoms with Gasteiger partial charge in [0.05, 0.1) is 40.5 Å². The Bertz CT molecular complexity index is 1510. The fourth-order valence-corrected chi connectivity index (χ4v) is 4.24. The first-order valence-electron chi connectivity index (χ1n) is 12.8. The summed E-state index contributed by atoms with van der Waals surface area (Å²) in [6, 6.07) is 9.12. The first-order chi connectivity index (χ1) is 18.6. The number of amides is 1. The van der Waals surface area contributed by atoms with Gasteiger partial charge < -0.3 is 19.9 Å². The Hall–Kier alpha value is -4.41. The van der Waals surface area contributed by atoms with E-state index in [-0.39, 0.29) is 17.7 Å². The topological polar surface area (TPSA) is 109 Å². The highest BCUT2D eigenvalue weighted by molar-refractivity contribution is 5.81. The number of anilines is 3. The van der Waals surface area contributed by atoms with E-state index in [1.54, 1.807) is 23.2 Å². The third-order valence-corrected chi connectivity index (χ3v) is 6.38. The number of fused-ring (bicyclic) bond motifs is 1. The first-order valence-corrected chi connectivity index (χ1v) is 12.8. The predicted molar refractivity (Wildman–Crippen MR) is 148 cm³/mol. The molecule has 0 unspecified atom stereocenters. The van der Waals surface area contributed by atoms with E-state index in [2.05, 4.69) is 35.1 Å². The monoisotopic (exact) mass is 530 g/mol. The molecule has 39 heavy (non-hydrogen) atoms. The van der Waals surface area contributed by atoms with E-state index in [1.165, 1.54) is 0 Å². The Kier molecular flexibility index (Phi) is 6.98. The fraction of sp³-hybridized carbons (Fsp3) is 0.357. The van der Waals surface area contributed by atoms with Crippen molar-refractivity contribution in [3.8, 4) is 11.3 Å². The number of pyridine rings is 1. The smallest absolute Gasteiger partial charge is 0.410 e. The van der Waals surface area contributed by atoms with Gasteiger partial charge in [-0.2, -0.15) is 0 Å². The van der Waals surface area contributed by atoms with Crippen LogP contribution in [-0.2, 0) is 4.74 Å². The Morgan fingerprint density at radius 1 is 0.923 bits per heavy atom. The van der Waals surface area contributed by atoms with Crippen molar-refractivity contribution in [2.45, 2.75) is 40.2 Å². The van der Waals surface area contributed by atoms with E-state index in [0.29, 0.717) is 43.1 Å². The van der Waals surface area contributed by atoms with E-state index < -0.39 is 11.4 Å². The molecule has 1 fully saturated rings. The molecule has 4 heterocycles. The maximum Gasteiger partial charge on any atom is 0.410 e. The lowest BCUT2D eigenvalue weighted by Gasteiger charge is -2.36. The van der Waals surface area contributed by atoms with E-state index in [4.69, 9.17) is 4.74 Å². The largest absolute Gasteiger partial charge is 0.444 e. The highest BCUT2D eigenvalue weighted by atomic mass is 19.1. The van der Waals surface area contributed by atoms with Crippen LogP contribution < -0.4 is 10.2 Å². The maximum absolute atomic E-state index is 14.7. The molecule has 0 aliphatic carbocycles. The molecule has 4 aromatic rings. The molecule has 1 N–H and O–H groups in total. The third kappa shape index (κ3) is 6.02. The van der Waals surface area contributed by atoms with Gasteiger partial charge in [0.2, 0.25) is 5.95 Å². The zero-order valence-electron chi connectivity index (χ0n) is 22.7. The van der Waals surface area contributed by atoms with E-state index in [0.717, 1.165) is 28.8 Å². The van der Waals surface area contributed by atoms with Gasteiger partial charge in [-0.25, -0.2) is 34.1 Å². The van der Waals surface area contributed by atoms with Crippen LogP contribution in [0.25, 0.3) is 22.3 Å². The minimum absolute atomic E-state index is 0.161. The van der Waals surface area contributed by atoms with E-state index in [9.17, 15) is 9.18 Å². The van der Waals surface area contributed by atoms with Crippen molar-refractivity contribution in [3.05, 3.63) is 59.9 Å². The molecule has 0 atom stereocenters. The van der Waals surface area contributed by atoms with Crippen LogP contribution in [0.5, 0.6) is 0 Å². The zero-order chi connectivity index (χ0) is 27.7. The van der Waals surface area contributed by atoms with Gasteiger partial charge in [-0.15, -0.1) is 0 Å². The second-order valence-electron chi connectivity index (χ2n) is 10.5. The van der Waals surface area contributed by atoms with Crippen molar-refractivity contribution in [2.24, 2.45) is 0 Å². The quantitative estimate of drug-likeness (QED) is 0.388. The van der Waals surface area contributed by atoms with Crippen LogP contribution in [-0.4, -0.2) is 67.7 Å². The number of hydrogen-bond acceptors (Lipinski definition) is 9. The minimum Gasteiger partial charge on any atom is -0.444 e. The molecule has 1 aromatic carbocycles. The molecular weight excluding hydrogens is 499 g/mol. The summed E-state index contributed by atoms with van der Waals surface area (Å²) in [5, 5.41) is 3.05. The lowest BCUT2D eigenvalue weighted by Crippen LogP contribution is -2.50. The number of carbonyl (C=O) groups is 1. The van der Waals surface area contributed by atoms with Crippen molar-refractivity contribution >= 4 is 34.6 Å². The molecule has 11 heteroatoms. The number of halogens is 1. The second-order valence-corrected chi connectivity index (χ2v) is 10.5. The summed E-state index contributed by atoms with van der Waals surface area (Å²) < 4.78 is 20.2. The van der Waals surface area contributed by atoms with Crippen molar-refractivity contribution in [2.75, 3.05) is 36.4 Å². The van der Waals surface area contributed by atoms with Crippen LogP contribution in [0.1, 0.15) is 32.2 Å². The molecule has 3 aromatic heterocycles. The Morgan fingerprint density at radius 2 is 1.64 bits per heavy atom. The van der Waals surface area contributed by atoms with Crippen molar-refractivity contribution in [1.82, 2.24) is 29.8 Å². The zero-order valence-corrected chi connectivity index (χ0v) is 22.7. The lowest BCUT2D eigenvalue weighted by atomic mass is 10.1.